The Morgan fingerprint density at radius 3 is 2.67 bits per heavy atom. The number of carbonyl (C=O) groups is 1. The summed E-state index contributed by atoms with van der Waals surface area (Å²) < 4.78 is 5.66. The van der Waals surface area contributed by atoms with Gasteiger partial charge in [-0.05, 0) is 23.8 Å². The van der Waals surface area contributed by atoms with E-state index in [-0.39, 0.29) is 35.8 Å². The highest BCUT2D eigenvalue weighted by Gasteiger charge is 2.24. The SMILES string of the molecule is CN=C(NCCOc1ccccc1)NCC1CC(=O)Nc2ccccc21.I. The molecule has 27 heavy (non-hydrogen) atoms. The lowest BCUT2D eigenvalue weighted by atomic mass is 9.90. The summed E-state index contributed by atoms with van der Waals surface area (Å²) >= 11 is 0. The van der Waals surface area contributed by atoms with Gasteiger partial charge in [-0.15, -0.1) is 24.0 Å². The van der Waals surface area contributed by atoms with E-state index >= 15 is 0 Å². The third kappa shape index (κ3) is 6.13. The Morgan fingerprint density at radius 1 is 1.15 bits per heavy atom. The van der Waals surface area contributed by atoms with Crippen molar-refractivity contribution in [3.05, 3.63) is 60.2 Å². The van der Waals surface area contributed by atoms with Gasteiger partial charge in [-0.25, -0.2) is 0 Å². The number of para-hydroxylation sites is 2. The molecule has 1 aliphatic rings. The van der Waals surface area contributed by atoms with Crippen LogP contribution in [0.2, 0.25) is 0 Å². The van der Waals surface area contributed by atoms with Gasteiger partial charge in [-0.3, -0.25) is 9.79 Å². The molecule has 3 N–H and O–H groups in total. The van der Waals surface area contributed by atoms with Crippen LogP contribution in [0, 0.1) is 0 Å². The van der Waals surface area contributed by atoms with Gasteiger partial charge in [0.25, 0.3) is 0 Å². The fourth-order valence-electron chi connectivity index (χ4n) is 2.98. The van der Waals surface area contributed by atoms with Crippen LogP contribution in [0.1, 0.15) is 17.9 Å². The number of carbonyl (C=O) groups excluding carboxylic acids is 1. The van der Waals surface area contributed by atoms with Gasteiger partial charge in [-0.1, -0.05) is 36.4 Å². The molecule has 1 amide bonds. The predicted octanol–water partition coefficient (Wildman–Crippen LogP) is 2.97. The summed E-state index contributed by atoms with van der Waals surface area (Å²) in [6.45, 7) is 1.82. The monoisotopic (exact) mass is 480 g/mol. The van der Waals surface area contributed by atoms with Crippen LogP contribution in [0.3, 0.4) is 0 Å². The summed E-state index contributed by atoms with van der Waals surface area (Å²) in [6.07, 6.45) is 0.470. The normalized spacial score (nSPS) is 15.8. The molecule has 0 radical (unpaired) electrons. The molecule has 144 valence electrons. The van der Waals surface area contributed by atoms with Crippen LogP contribution in [0.4, 0.5) is 5.69 Å². The van der Waals surface area contributed by atoms with Crippen LogP contribution in [-0.2, 0) is 4.79 Å². The van der Waals surface area contributed by atoms with Crippen molar-refractivity contribution in [3.8, 4) is 5.75 Å². The average Bonchev–Trinajstić information content (AvgIpc) is 2.68. The molecule has 6 nitrogen and oxygen atoms in total. The number of guanidine groups is 1. The Kier molecular flexibility index (Phi) is 8.38. The molecule has 1 heterocycles. The van der Waals surface area contributed by atoms with Crippen molar-refractivity contribution in [2.45, 2.75) is 12.3 Å². The van der Waals surface area contributed by atoms with Gasteiger partial charge in [0.1, 0.15) is 12.4 Å². The van der Waals surface area contributed by atoms with E-state index in [0.29, 0.717) is 32.1 Å². The largest absolute Gasteiger partial charge is 0.492 e. The lowest BCUT2D eigenvalue weighted by molar-refractivity contribution is -0.116. The number of amides is 1. The van der Waals surface area contributed by atoms with E-state index in [1.807, 2.05) is 48.5 Å². The minimum atomic E-state index is 0. The van der Waals surface area contributed by atoms with Gasteiger partial charge in [0, 0.05) is 31.6 Å². The number of ether oxygens (including phenoxy) is 1. The lowest BCUT2D eigenvalue weighted by Gasteiger charge is -2.26. The Labute approximate surface area is 176 Å². The zero-order valence-corrected chi connectivity index (χ0v) is 17.6. The first-order valence-corrected chi connectivity index (χ1v) is 8.77. The van der Waals surface area contributed by atoms with Crippen LogP contribution >= 0.6 is 24.0 Å². The van der Waals surface area contributed by atoms with E-state index in [9.17, 15) is 4.79 Å². The van der Waals surface area contributed by atoms with Crippen LogP contribution in [0.5, 0.6) is 5.75 Å². The standard InChI is InChI=1S/C20H24N4O2.HI/c1-21-20(22-11-12-26-16-7-3-2-4-8-16)23-14-15-13-19(25)24-18-10-6-5-9-17(15)18;/h2-10,15H,11-14H2,1H3,(H,24,25)(H2,21,22,23);1H. The third-order valence-corrected chi connectivity index (χ3v) is 4.25. The number of hydrogen-bond acceptors (Lipinski definition) is 3. The van der Waals surface area contributed by atoms with Gasteiger partial charge < -0.3 is 20.7 Å². The summed E-state index contributed by atoms with van der Waals surface area (Å²) in [5.41, 5.74) is 2.05. The number of aliphatic imine (C=N–C) groups is 1. The number of fused-ring (bicyclic) bond motifs is 1. The Hall–Kier alpha value is -2.29. The second-order valence-electron chi connectivity index (χ2n) is 6.08. The molecule has 2 aromatic rings. The van der Waals surface area contributed by atoms with Gasteiger partial charge in [-0.2, -0.15) is 0 Å². The van der Waals surface area contributed by atoms with Gasteiger partial charge in [0.2, 0.25) is 5.91 Å². The van der Waals surface area contributed by atoms with Crippen molar-refractivity contribution in [3.63, 3.8) is 0 Å². The molecule has 1 atom stereocenters. The Bertz CT molecular complexity index is 768. The molecule has 1 unspecified atom stereocenters. The predicted molar refractivity (Wildman–Crippen MR) is 119 cm³/mol. The molecular formula is C20H25IN4O2. The third-order valence-electron chi connectivity index (χ3n) is 4.25. The Balaban J connectivity index is 0.00000261. The number of halogens is 1. The maximum atomic E-state index is 11.9. The molecule has 0 aliphatic carbocycles. The van der Waals surface area contributed by atoms with E-state index in [0.717, 1.165) is 17.0 Å². The molecule has 3 rings (SSSR count). The number of rotatable bonds is 6. The molecule has 2 aromatic carbocycles. The van der Waals surface area contributed by atoms with Crippen LogP contribution < -0.4 is 20.7 Å². The summed E-state index contributed by atoms with van der Waals surface area (Å²) in [5.74, 6) is 1.72. The van der Waals surface area contributed by atoms with Crippen LogP contribution in [0.25, 0.3) is 0 Å². The number of benzene rings is 2. The van der Waals surface area contributed by atoms with Crippen molar-refractivity contribution < 1.29 is 9.53 Å². The van der Waals surface area contributed by atoms with Crippen molar-refractivity contribution in [1.82, 2.24) is 10.6 Å². The second-order valence-corrected chi connectivity index (χ2v) is 6.08. The Morgan fingerprint density at radius 2 is 1.89 bits per heavy atom. The van der Waals surface area contributed by atoms with Crippen molar-refractivity contribution in [2.75, 3.05) is 32.1 Å². The van der Waals surface area contributed by atoms with Gasteiger partial charge in [0.15, 0.2) is 5.96 Å². The van der Waals surface area contributed by atoms with Crippen molar-refractivity contribution in [2.24, 2.45) is 4.99 Å². The zero-order chi connectivity index (χ0) is 18.2. The van der Waals surface area contributed by atoms with Crippen molar-refractivity contribution in [1.29, 1.82) is 0 Å². The number of nitrogens with zero attached hydrogens (tertiary/aromatic N) is 1. The van der Waals surface area contributed by atoms with Crippen LogP contribution in [0.15, 0.2) is 59.6 Å². The molecule has 0 saturated carbocycles. The van der Waals surface area contributed by atoms with Gasteiger partial charge in [0.05, 0.1) is 6.54 Å². The minimum Gasteiger partial charge on any atom is -0.492 e. The van der Waals surface area contributed by atoms with Crippen LogP contribution in [-0.4, -0.2) is 38.6 Å². The molecule has 1 aliphatic heterocycles. The van der Waals surface area contributed by atoms with E-state index in [1.165, 1.54) is 0 Å². The highest BCUT2D eigenvalue weighted by molar-refractivity contribution is 14.0. The fraction of sp³-hybridized carbons (Fsp3) is 0.300. The fourth-order valence-corrected chi connectivity index (χ4v) is 2.98. The molecule has 7 heteroatoms. The lowest BCUT2D eigenvalue weighted by Crippen LogP contribution is -2.42. The highest BCUT2D eigenvalue weighted by atomic mass is 127. The summed E-state index contributed by atoms with van der Waals surface area (Å²) in [5, 5.41) is 9.45. The summed E-state index contributed by atoms with van der Waals surface area (Å²) in [4.78, 5) is 16.1. The molecule has 0 fully saturated rings. The van der Waals surface area contributed by atoms with E-state index in [2.05, 4.69) is 27.0 Å². The molecule has 0 bridgehead atoms. The number of hydrogen-bond donors (Lipinski definition) is 3. The molecule has 0 spiro atoms. The smallest absolute Gasteiger partial charge is 0.225 e. The first kappa shape index (κ1) is 21.0. The highest BCUT2D eigenvalue weighted by Crippen LogP contribution is 2.31. The maximum absolute atomic E-state index is 11.9. The maximum Gasteiger partial charge on any atom is 0.225 e. The van der Waals surface area contributed by atoms with E-state index in [1.54, 1.807) is 7.05 Å². The zero-order valence-electron chi connectivity index (χ0n) is 15.3. The first-order chi connectivity index (χ1) is 12.8. The molecule has 0 saturated heterocycles. The molecule has 0 aromatic heterocycles. The van der Waals surface area contributed by atoms with Crippen molar-refractivity contribution >= 4 is 41.5 Å². The first-order valence-electron chi connectivity index (χ1n) is 8.77. The quantitative estimate of drug-likeness (QED) is 0.257. The minimum absolute atomic E-state index is 0. The van der Waals surface area contributed by atoms with Gasteiger partial charge >= 0.3 is 0 Å². The second kappa shape index (κ2) is 10.8. The summed E-state index contributed by atoms with van der Waals surface area (Å²) in [7, 11) is 1.73. The number of anilines is 1. The summed E-state index contributed by atoms with van der Waals surface area (Å²) in [6, 6.07) is 17.6. The topological polar surface area (TPSA) is 74.8 Å². The number of nitrogens with one attached hydrogen (secondary N) is 3. The average molecular weight is 480 g/mol. The van der Waals surface area contributed by atoms with E-state index < -0.39 is 0 Å². The van der Waals surface area contributed by atoms with E-state index in [4.69, 9.17) is 4.74 Å². The molecular weight excluding hydrogens is 455 g/mol.